The van der Waals surface area contributed by atoms with Gasteiger partial charge in [-0.1, -0.05) is 0 Å². The lowest BCUT2D eigenvalue weighted by molar-refractivity contribution is -0.137. The summed E-state index contributed by atoms with van der Waals surface area (Å²) in [6.07, 6.45) is 6.41. The van der Waals surface area contributed by atoms with Gasteiger partial charge in [-0.25, -0.2) is 14.5 Å². The van der Waals surface area contributed by atoms with Crippen LogP contribution in [-0.4, -0.2) is 31.4 Å². The van der Waals surface area contributed by atoms with Crippen molar-refractivity contribution in [2.75, 3.05) is 5.32 Å². The van der Waals surface area contributed by atoms with Gasteiger partial charge < -0.3 is 15.2 Å². The first-order valence-electron chi connectivity index (χ1n) is 9.18. The Morgan fingerprint density at radius 2 is 2.03 bits per heavy atom. The Balaban J connectivity index is 1.55. The van der Waals surface area contributed by atoms with Gasteiger partial charge in [0.25, 0.3) is 0 Å². The zero-order valence-corrected chi connectivity index (χ0v) is 15.3. The van der Waals surface area contributed by atoms with Gasteiger partial charge in [0.15, 0.2) is 0 Å². The van der Waals surface area contributed by atoms with Crippen molar-refractivity contribution in [1.29, 1.82) is 0 Å². The number of carbonyl (C=O) groups is 1. The highest BCUT2D eigenvalue weighted by Crippen LogP contribution is 2.34. The van der Waals surface area contributed by atoms with Crippen molar-refractivity contribution in [1.82, 2.24) is 24.6 Å². The minimum atomic E-state index is -4.52. The van der Waals surface area contributed by atoms with E-state index in [4.69, 9.17) is 0 Å². The van der Waals surface area contributed by atoms with E-state index in [1.54, 1.807) is 24.8 Å². The zero-order valence-electron chi connectivity index (χ0n) is 15.3. The van der Waals surface area contributed by atoms with Crippen LogP contribution in [0.1, 0.15) is 30.9 Å². The first-order valence-corrected chi connectivity index (χ1v) is 9.18. The van der Waals surface area contributed by atoms with Gasteiger partial charge in [0.2, 0.25) is 0 Å². The molecule has 4 rings (SSSR count). The summed E-state index contributed by atoms with van der Waals surface area (Å²) in [6.45, 7) is 0. The quantitative estimate of drug-likeness (QED) is 0.690. The van der Waals surface area contributed by atoms with Crippen molar-refractivity contribution in [3.8, 4) is 5.69 Å². The average Bonchev–Trinajstić information content (AvgIpc) is 3.43. The summed E-state index contributed by atoms with van der Waals surface area (Å²) in [5.41, 5.74) is -0.477. The molecule has 0 saturated heterocycles. The molecule has 10 heteroatoms. The second-order valence-electron chi connectivity index (χ2n) is 6.89. The van der Waals surface area contributed by atoms with Crippen molar-refractivity contribution >= 4 is 11.7 Å². The summed E-state index contributed by atoms with van der Waals surface area (Å²) in [7, 11) is 0. The van der Waals surface area contributed by atoms with Gasteiger partial charge in [0, 0.05) is 24.8 Å². The Labute approximate surface area is 164 Å². The fraction of sp³-hybridized carbons (Fsp3) is 0.316. The molecule has 1 saturated carbocycles. The van der Waals surface area contributed by atoms with Crippen LogP contribution in [0.4, 0.5) is 23.7 Å². The van der Waals surface area contributed by atoms with Gasteiger partial charge in [-0.2, -0.15) is 18.3 Å². The van der Waals surface area contributed by atoms with E-state index in [-0.39, 0.29) is 17.8 Å². The van der Waals surface area contributed by atoms with E-state index in [1.807, 2.05) is 10.8 Å². The predicted molar refractivity (Wildman–Crippen MR) is 99.6 cm³/mol. The predicted octanol–water partition coefficient (Wildman–Crippen LogP) is 4.00. The van der Waals surface area contributed by atoms with Gasteiger partial charge in [0.05, 0.1) is 35.3 Å². The summed E-state index contributed by atoms with van der Waals surface area (Å²) < 4.78 is 42.8. The molecule has 152 valence electrons. The second-order valence-corrected chi connectivity index (χ2v) is 6.89. The molecule has 0 radical (unpaired) electrons. The van der Waals surface area contributed by atoms with Crippen molar-refractivity contribution < 1.29 is 18.0 Å². The summed E-state index contributed by atoms with van der Waals surface area (Å²) in [5, 5.41) is 9.50. The van der Waals surface area contributed by atoms with E-state index < -0.39 is 17.8 Å². The Hall–Kier alpha value is -3.30. The normalized spacial score (nSPS) is 19.3. The lowest BCUT2D eigenvalue weighted by Crippen LogP contribution is -2.40. The SMILES string of the molecule is O=C(Nc1cc(C(F)(F)F)ccc1-n1cccn1)N[C@H]1CCC[C@H]1n1ccnc1. The molecule has 2 N–H and O–H groups in total. The molecule has 0 unspecified atom stereocenters. The Bertz CT molecular complexity index is 969. The number of anilines is 1. The lowest BCUT2D eigenvalue weighted by atomic mass is 10.1. The lowest BCUT2D eigenvalue weighted by Gasteiger charge is -2.23. The summed E-state index contributed by atoms with van der Waals surface area (Å²) >= 11 is 0. The van der Waals surface area contributed by atoms with Crippen molar-refractivity contribution in [3.63, 3.8) is 0 Å². The van der Waals surface area contributed by atoms with Crippen LogP contribution in [0.2, 0.25) is 0 Å². The van der Waals surface area contributed by atoms with Crippen LogP contribution in [0, 0.1) is 0 Å². The number of imidazole rings is 1. The van der Waals surface area contributed by atoms with Gasteiger partial charge in [-0.15, -0.1) is 0 Å². The van der Waals surface area contributed by atoms with Crippen LogP contribution < -0.4 is 10.6 Å². The number of aromatic nitrogens is 4. The van der Waals surface area contributed by atoms with Crippen LogP contribution in [0.3, 0.4) is 0 Å². The number of hydrogen-bond donors (Lipinski definition) is 2. The van der Waals surface area contributed by atoms with E-state index in [0.29, 0.717) is 5.69 Å². The molecular formula is C19H19F3N6O. The van der Waals surface area contributed by atoms with Crippen LogP contribution in [0.5, 0.6) is 0 Å². The molecule has 2 aromatic heterocycles. The van der Waals surface area contributed by atoms with E-state index >= 15 is 0 Å². The zero-order chi connectivity index (χ0) is 20.4. The van der Waals surface area contributed by atoms with Crippen molar-refractivity contribution in [3.05, 3.63) is 60.9 Å². The Kier molecular flexibility index (Phi) is 4.99. The van der Waals surface area contributed by atoms with E-state index in [2.05, 4.69) is 20.7 Å². The number of hydrogen-bond acceptors (Lipinski definition) is 3. The molecule has 1 aromatic carbocycles. The molecule has 0 bridgehead atoms. The molecular weight excluding hydrogens is 385 g/mol. The smallest absolute Gasteiger partial charge is 0.333 e. The molecule has 2 heterocycles. The average molecular weight is 404 g/mol. The molecule has 1 fully saturated rings. The molecule has 0 spiro atoms. The Morgan fingerprint density at radius 3 is 2.72 bits per heavy atom. The second kappa shape index (κ2) is 7.61. The molecule has 7 nitrogen and oxygen atoms in total. The van der Waals surface area contributed by atoms with E-state index in [0.717, 1.165) is 31.4 Å². The molecule has 2 atom stereocenters. The summed E-state index contributed by atoms with van der Waals surface area (Å²) in [6, 6.07) is 4.18. The number of urea groups is 1. The number of nitrogens with zero attached hydrogens (tertiary/aromatic N) is 4. The third kappa shape index (κ3) is 4.10. The molecule has 2 amide bonds. The number of carbonyl (C=O) groups excluding carboxylic acids is 1. The maximum atomic E-state index is 13.2. The molecule has 29 heavy (non-hydrogen) atoms. The minimum Gasteiger partial charge on any atom is -0.333 e. The van der Waals surface area contributed by atoms with E-state index in [1.165, 1.54) is 16.9 Å². The fourth-order valence-electron chi connectivity index (χ4n) is 3.68. The van der Waals surface area contributed by atoms with Gasteiger partial charge in [0.1, 0.15) is 0 Å². The number of rotatable bonds is 4. The first kappa shape index (κ1) is 19.0. The third-order valence-corrected chi connectivity index (χ3v) is 5.03. The monoisotopic (exact) mass is 404 g/mol. The molecule has 0 aliphatic heterocycles. The van der Waals surface area contributed by atoms with Crippen LogP contribution in [-0.2, 0) is 6.18 Å². The van der Waals surface area contributed by atoms with Crippen LogP contribution in [0.25, 0.3) is 5.69 Å². The van der Waals surface area contributed by atoms with Crippen LogP contribution in [0.15, 0.2) is 55.4 Å². The number of alkyl halides is 3. The fourth-order valence-corrected chi connectivity index (χ4v) is 3.68. The summed E-state index contributed by atoms with van der Waals surface area (Å²) in [4.78, 5) is 16.6. The molecule has 1 aliphatic carbocycles. The highest BCUT2D eigenvalue weighted by Gasteiger charge is 2.32. The summed E-state index contributed by atoms with van der Waals surface area (Å²) in [5.74, 6) is 0. The van der Waals surface area contributed by atoms with Crippen molar-refractivity contribution in [2.45, 2.75) is 37.5 Å². The van der Waals surface area contributed by atoms with Crippen molar-refractivity contribution in [2.24, 2.45) is 0 Å². The standard InChI is InChI=1S/C19H19F3N6O/c20-19(21,22)13-5-6-17(28-9-2-7-24-28)15(11-13)26-18(29)25-14-3-1-4-16(14)27-10-8-23-12-27/h2,5-12,14,16H,1,3-4H2,(H2,25,26,29)/t14-,16+/m0/s1. The van der Waals surface area contributed by atoms with Gasteiger partial charge >= 0.3 is 12.2 Å². The number of halogens is 3. The molecule has 1 aliphatic rings. The largest absolute Gasteiger partial charge is 0.416 e. The number of amides is 2. The van der Waals surface area contributed by atoms with Gasteiger partial charge in [-0.3, -0.25) is 0 Å². The molecule has 3 aromatic rings. The van der Waals surface area contributed by atoms with E-state index in [9.17, 15) is 18.0 Å². The Morgan fingerprint density at radius 1 is 1.17 bits per heavy atom. The number of nitrogens with one attached hydrogen (secondary N) is 2. The highest BCUT2D eigenvalue weighted by molar-refractivity contribution is 5.92. The number of benzene rings is 1. The first-order chi connectivity index (χ1) is 13.9. The third-order valence-electron chi connectivity index (χ3n) is 5.03. The highest BCUT2D eigenvalue weighted by atomic mass is 19.4. The maximum Gasteiger partial charge on any atom is 0.416 e. The topological polar surface area (TPSA) is 76.8 Å². The van der Waals surface area contributed by atoms with Gasteiger partial charge in [-0.05, 0) is 43.5 Å². The maximum absolute atomic E-state index is 13.2. The van der Waals surface area contributed by atoms with Crippen LogP contribution >= 0.6 is 0 Å². The minimum absolute atomic E-state index is 0.0261.